The molecule has 0 unspecified atom stereocenters. The summed E-state index contributed by atoms with van der Waals surface area (Å²) in [7, 11) is 4.91. The van der Waals surface area contributed by atoms with E-state index in [1.807, 2.05) is 23.6 Å². The quantitative estimate of drug-likeness (QED) is 0.646. The SMILES string of the molecule is C=CCn1c(=NC(=O)c2c(C)cnn2C)sc2cc(OC)c(OC)cc21. The Labute approximate surface area is 154 Å². The number of hydrogen-bond acceptors (Lipinski definition) is 5. The molecule has 1 aromatic carbocycles. The topological polar surface area (TPSA) is 70.6 Å². The van der Waals surface area contributed by atoms with Crippen molar-refractivity contribution in [3.05, 3.63) is 47.0 Å². The monoisotopic (exact) mass is 372 g/mol. The van der Waals surface area contributed by atoms with Gasteiger partial charge in [0.25, 0.3) is 5.91 Å². The van der Waals surface area contributed by atoms with Crippen LogP contribution in [0.3, 0.4) is 0 Å². The van der Waals surface area contributed by atoms with E-state index in [4.69, 9.17) is 9.47 Å². The maximum absolute atomic E-state index is 12.7. The number of rotatable bonds is 5. The lowest BCUT2D eigenvalue weighted by atomic mass is 10.2. The van der Waals surface area contributed by atoms with E-state index in [0.29, 0.717) is 28.5 Å². The number of ether oxygens (including phenoxy) is 2. The molecule has 0 aliphatic heterocycles. The van der Waals surface area contributed by atoms with Crippen LogP contribution in [-0.4, -0.2) is 34.5 Å². The largest absolute Gasteiger partial charge is 0.493 e. The third-order valence-electron chi connectivity index (χ3n) is 4.02. The minimum absolute atomic E-state index is 0.328. The first-order valence-corrected chi connectivity index (χ1v) is 8.75. The van der Waals surface area contributed by atoms with E-state index in [1.165, 1.54) is 11.3 Å². The van der Waals surface area contributed by atoms with Gasteiger partial charge in [-0.1, -0.05) is 17.4 Å². The summed E-state index contributed by atoms with van der Waals surface area (Å²) in [5.41, 5.74) is 2.17. The van der Waals surface area contributed by atoms with Crippen LogP contribution in [0.15, 0.2) is 36.0 Å². The lowest BCUT2D eigenvalue weighted by Crippen LogP contribution is -2.17. The molecule has 0 bridgehead atoms. The Morgan fingerprint density at radius 2 is 2.04 bits per heavy atom. The molecule has 0 atom stereocenters. The number of methoxy groups -OCH3 is 2. The Morgan fingerprint density at radius 1 is 1.35 bits per heavy atom. The van der Waals surface area contributed by atoms with Crippen molar-refractivity contribution in [3.63, 3.8) is 0 Å². The molecule has 1 amide bonds. The molecule has 2 aromatic heterocycles. The Balaban J connectivity index is 2.23. The normalized spacial score (nSPS) is 11.8. The zero-order valence-corrected chi connectivity index (χ0v) is 16.0. The number of amides is 1. The molecule has 8 heteroatoms. The number of allylic oxidation sites excluding steroid dienone is 1. The number of thiazole rings is 1. The number of carbonyl (C=O) groups excluding carboxylic acids is 1. The summed E-state index contributed by atoms with van der Waals surface area (Å²) in [5, 5.41) is 4.11. The second-order valence-electron chi connectivity index (χ2n) is 5.68. The van der Waals surface area contributed by atoms with Gasteiger partial charge >= 0.3 is 0 Å². The van der Waals surface area contributed by atoms with Crippen molar-refractivity contribution in [2.45, 2.75) is 13.5 Å². The van der Waals surface area contributed by atoms with Crippen LogP contribution in [-0.2, 0) is 13.6 Å². The number of aromatic nitrogens is 3. The van der Waals surface area contributed by atoms with E-state index >= 15 is 0 Å². The van der Waals surface area contributed by atoms with E-state index in [1.54, 1.807) is 38.2 Å². The average Bonchev–Trinajstić information content (AvgIpc) is 3.13. The maximum atomic E-state index is 12.7. The molecule has 0 fully saturated rings. The summed E-state index contributed by atoms with van der Waals surface area (Å²) in [5.74, 6) is 0.925. The van der Waals surface area contributed by atoms with Crippen molar-refractivity contribution in [2.24, 2.45) is 12.0 Å². The van der Waals surface area contributed by atoms with Gasteiger partial charge in [0.05, 0.1) is 30.6 Å². The molecule has 0 aliphatic rings. The lowest BCUT2D eigenvalue weighted by Gasteiger charge is -2.08. The van der Waals surface area contributed by atoms with Crippen LogP contribution in [0.25, 0.3) is 10.2 Å². The molecule has 0 saturated heterocycles. The fraction of sp³-hybridized carbons (Fsp3) is 0.278. The van der Waals surface area contributed by atoms with Crippen molar-refractivity contribution in [1.82, 2.24) is 14.3 Å². The van der Waals surface area contributed by atoms with E-state index < -0.39 is 0 Å². The number of carbonyl (C=O) groups is 1. The standard InChI is InChI=1S/C18H20N4O3S/c1-6-7-22-12-8-13(24-4)14(25-5)9-15(12)26-18(22)20-17(23)16-11(2)10-19-21(16)3/h6,8-10H,1,7H2,2-5H3. The summed E-state index contributed by atoms with van der Waals surface area (Å²) in [6.07, 6.45) is 3.42. The molecule has 0 aliphatic carbocycles. The number of fused-ring (bicyclic) bond motifs is 1. The Bertz CT molecular complexity index is 1040. The van der Waals surface area contributed by atoms with Crippen molar-refractivity contribution < 1.29 is 14.3 Å². The molecule has 0 N–H and O–H groups in total. The van der Waals surface area contributed by atoms with Gasteiger partial charge < -0.3 is 14.0 Å². The van der Waals surface area contributed by atoms with E-state index in [9.17, 15) is 4.79 Å². The number of nitrogens with zero attached hydrogens (tertiary/aromatic N) is 4. The summed E-state index contributed by atoms with van der Waals surface area (Å²) in [6, 6.07) is 3.77. The zero-order valence-electron chi connectivity index (χ0n) is 15.1. The van der Waals surface area contributed by atoms with Crippen LogP contribution in [0.1, 0.15) is 16.1 Å². The molecule has 7 nitrogen and oxygen atoms in total. The summed E-state index contributed by atoms with van der Waals surface area (Å²) >= 11 is 1.41. The summed E-state index contributed by atoms with van der Waals surface area (Å²) in [6.45, 7) is 6.17. The van der Waals surface area contributed by atoms with Crippen LogP contribution in [0, 0.1) is 6.92 Å². The first kappa shape index (κ1) is 17.9. The van der Waals surface area contributed by atoms with E-state index in [0.717, 1.165) is 15.8 Å². The number of hydrogen-bond donors (Lipinski definition) is 0. The Hall–Kier alpha value is -2.87. The summed E-state index contributed by atoms with van der Waals surface area (Å²) < 4.78 is 15.2. The Kier molecular flexibility index (Phi) is 4.94. The first-order valence-electron chi connectivity index (χ1n) is 7.94. The van der Waals surface area contributed by atoms with E-state index in [2.05, 4.69) is 16.7 Å². The molecule has 136 valence electrons. The Morgan fingerprint density at radius 3 is 2.62 bits per heavy atom. The van der Waals surface area contributed by atoms with Crippen LogP contribution < -0.4 is 14.3 Å². The van der Waals surface area contributed by atoms with Gasteiger partial charge in [0.2, 0.25) is 0 Å². The fourth-order valence-electron chi connectivity index (χ4n) is 2.78. The molecular formula is C18H20N4O3S. The second-order valence-corrected chi connectivity index (χ2v) is 6.68. The van der Waals surface area contributed by atoms with Gasteiger partial charge in [-0.3, -0.25) is 9.48 Å². The van der Waals surface area contributed by atoms with Crippen LogP contribution in [0.2, 0.25) is 0 Å². The maximum Gasteiger partial charge on any atom is 0.298 e. The van der Waals surface area contributed by atoms with Crippen molar-refractivity contribution >= 4 is 27.5 Å². The molecule has 0 saturated carbocycles. The molecule has 3 rings (SSSR count). The lowest BCUT2D eigenvalue weighted by molar-refractivity contribution is 0.0988. The van der Waals surface area contributed by atoms with Gasteiger partial charge in [-0.05, 0) is 6.92 Å². The number of aryl methyl sites for hydroxylation is 2. The van der Waals surface area contributed by atoms with Gasteiger partial charge in [-0.2, -0.15) is 10.1 Å². The molecule has 3 aromatic rings. The van der Waals surface area contributed by atoms with Crippen LogP contribution >= 0.6 is 11.3 Å². The molecule has 26 heavy (non-hydrogen) atoms. The predicted octanol–water partition coefficient (Wildman–Crippen LogP) is 2.69. The van der Waals surface area contributed by atoms with Gasteiger partial charge in [0.1, 0.15) is 5.69 Å². The van der Waals surface area contributed by atoms with Gasteiger partial charge in [-0.25, -0.2) is 0 Å². The second kappa shape index (κ2) is 7.17. The van der Waals surface area contributed by atoms with Crippen LogP contribution in [0.4, 0.5) is 0 Å². The third-order valence-corrected chi connectivity index (χ3v) is 5.06. The highest BCUT2D eigenvalue weighted by Crippen LogP contribution is 2.33. The highest BCUT2D eigenvalue weighted by molar-refractivity contribution is 7.16. The number of benzene rings is 1. The van der Waals surface area contributed by atoms with Crippen molar-refractivity contribution in [1.29, 1.82) is 0 Å². The van der Waals surface area contributed by atoms with Crippen molar-refractivity contribution in [3.8, 4) is 11.5 Å². The predicted molar refractivity (Wildman–Crippen MR) is 101 cm³/mol. The molecule has 0 radical (unpaired) electrons. The molecule has 2 heterocycles. The van der Waals surface area contributed by atoms with Crippen molar-refractivity contribution in [2.75, 3.05) is 14.2 Å². The molecule has 0 spiro atoms. The highest BCUT2D eigenvalue weighted by atomic mass is 32.1. The first-order chi connectivity index (χ1) is 12.5. The van der Waals surface area contributed by atoms with Gasteiger partial charge in [-0.15, -0.1) is 6.58 Å². The molecular weight excluding hydrogens is 352 g/mol. The highest BCUT2D eigenvalue weighted by Gasteiger charge is 2.16. The average molecular weight is 372 g/mol. The third kappa shape index (κ3) is 3.03. The smallest absolute Gasteiger partial charge is 0.298 e. The van der Waals surface area contributed by atoms with Crippen LogP contribution in [0.5, 0.6) is 11.5 Å². The van der Waals surface area contributed by atoms with Gasteiger partial charge in [0.15, 0.2) is 16.3 Å². The van der Waals surface area contributed by atoms with E-state index in [-0.39, 0.29) is 5.91 Å². The fourth-order valence-corrected chi connectivity index (χ4v) is 3.83. The minimum atomic E-state index is -0.328. The zero-order chi connectivity index (χ0) is 18.8. The summed E-state index contributed by atoms with van der Waals surface area (Å²) in [4.78, 5) is 17.6. The van der Waals surface area contributed by atoms with Gasteiger partial charge in [0, 0.05) is 31.3 Å². The minimum Gasteiger partial charge on any atom is -0.493 e.